The highest BCUT2D eigenvalue weighted by atomic mass is 32.2. The molecule has 1 heterocycles. The topological polar surface area (TPSA) is 74.8 Å². The smallest absolute Gasteiger partial charge is 0.243 e. The molecule has 0 saturated carbocycles. The Morgan fingerprint density at radius 3 is 2.16 bits per heavy atom. The summed E-state index contributed by atoms with van der Waals surface area (Å²) >= 11 is 0. The molecule has 6 nitrogen and oxygen atoms in total. The number of carbonyl (C=O) groups is 2. The molecular formula is C18H26N2O4S. The van der Waals surface area contributed by atoms with E-state index >= 15 is 0 Å². The third kappa shape index (κ3) is 4.89. The van der Waals surface area contributed by atoms with Crippen LogP contribution in [-0.4, -0.2) is 55.5 Å². The van der Waals surface area contributed by atoms with Crippen molar-refractivity contribution in [1.82, 2.24) is 9.21 Å². The van der Waals surface area contributed by atoms with Crippen LogP contribution >= 0.6 is 0 Å². The van der Waals surface area contributed by atoms with E-state index in [0.717, 1.165) is 5.56 Å². The Morgan fingerprint density at radius 2 is 1.64 bits per heavy atom. The van der Waals surface area contributed by atoms with Gasteiger partial charge < -0.3 is 4.90 Å². The molecule has 0 aromatic heterocycles. The molecule has 1 fully saturated rings. The highest BCUT2D eigenvalue weighted by Gasteiger charge is 2.22. The highest BCUT2D eigenvalue weighted by Crippen LogP contribution is 2.17. The van der Waals surface area contributed by atoms with Crippen LogP contribution in [0.4, 0.5) is 0 Å². The summed E-state index contributed by atoms with van der Waals surface area (Å²) in [4.78, 5) is 25.4. The lowest BCUT2D eigenvalue weighted by Crippen LogP contribution is -2.38. The van der Waals surface area contributed by atoms with Gasteiger partial charge in [0.2, 0.25) is 15.9 Å². The quantitative estimate of drug-likeness (QED) is 0.738. The van der Waals surface area contributed by atoms with Gasteiger partial charge in [-0.1, -0.05) is 26.0 Å². The largest absolute Gasteiger partial charge is 0.342 e. The van der Waals surface area contributed by atoms with Crippen molar-refractivity contribution in [2.45, 2.75) is 44.4 Å². The van der Waals surface area contributed by atoms with Crippen molar-refractivity contribution in [3.8, 4) is 0 Å². The van der Waals surface area contributed by atoms with E-state index < -0.39 is 10.0 Å². The average Bonchev–Trinajstić information content (AvgIpc) is 2.61. The van der Waals surface area contributed by atoms with Gasteiger partial charge in [0.1, 0.15) is 5.78 Å². The molecule has 0 spiro atoms. The number of sulfonamides is 1. The van der Waals surface area contributed by atoms with Crippen molar-refractivity contribution in [2.24, 2.45) is 0 Å². The van der Waals surface area contributed by atoms with Crippen LogP contribution in [-0.2, 0) is 26.0 Å². The van der Waals surface area contributed by atoms with Crippen LogP contribution in [0.2, 0.25) is 0 Å². The first-order chi connectivity index (χ1) is 11.9. The second-order valence-corrected chi connectivity index (χ2v) is 8.09. The molecule has 0 radical (unpaired) electrons. The van der Waals surface area contributed by atoms with Crippen LogP contribution in [0.5, 0.6) is 0 Å². The first-order valence-corrected chi connectivity index (χ1v) is 10.2. The lowest BCUT2D eigenvalue weighted by atomic mass is 10.1. The van der Waals surface area contributed by atoms with Crippen LogP contribution in [0, 0.1) is 0 Å². The zero-order chi connectivity index (χ0) is 18.4. The molecule has 0 atom stereocenters. The summed E-state index contributed by atoms with van der Waals surface area (Å²) in [5.74, 6) is 0.265. The molecular weight excluding hydrogens is 340 g/mol. The summed E-state index contributed by atoms with van der Waals surface area (Å²) in [5.41, 5.74) is 0.930. The summed E-state index contributed by atoms with van der Waals surface area (Å²) in [6.45, 7) is 5.53. The lowest BCUT2D eigenvalue weighted by molar-refractivity contribution is -0.134. The van der Waals surface area contributed by atoms with Gasteiger partial charge in [-0.05, 0) is 24.1 Å². The minimum absolute atomic E-state index is 0.0485. The van der Waals surface area contributed by atoms with E-state index in [1.54, 1.807) is 29.2 Å². The Bertz CT molecular complexity index is 699. The van der Waals surface area contributed by atoms with Crippen LogP contribution < -0.4 is 0 Å². The van der Waals surface area contributed by atoms with Gasteiger partial charge in [-0.3, -0.25) is 9.59 Å². The minimum atomic E-state index is -3.45. The molecule has 138 valence electrons. The molecule has 0 aliphatic carbocycles. The van der Waals surface area contributed by atoms with Gasteiger partial charge in [0.05, 0.1) is 4.90 Å². The number of hydrogen-bond donors (Lipinski definition) is 0. The van der Waals surface area contributed by atoms with Crippen molar-refractivity contribution < 1.29 is 18.0 Å². The number of piperidine rings is 1. The van der Waals surface area contributed by atoms with E-state index in [4.69, 9.17) is 0 Å². The number of likely N-dealkylation sites (tertiary alicyclic amines) is 1. The molecule has 1 aliphatic heterocycles. The summed E-state index contributed by atoms with van der Waals surface area (Å²) in [6, 6.07) is 6.74. The number of nitrogens with zero attached hydrogens (tertiary/aromatic N) is 2. The lowest BCUT2D eigenvalue weighted by Gasteiger charge is -2.26. The molecule has 25 heavy (non-hydrogen) atoms. The standard InChI is InChI=1S/C18H26N2O4S/c1-3-20(4-2)25(23,24)17-8-5-15(6-9-17)7-10-18(22)19-13-11-16(21)12-14-19/h5-6,8-9H,3-4,7,10-14H2,1-2H3. The third-order valence-corrected chi connectivity index (χ3v) is 6.63. The van der Waals surface area contributed by atoms with E-state index in [-0.39, 0.29) is 16.6 Å². The molecule has 1 aliphatic rings. The highest BCUT2D eigenvalue weighted by molar-refractivity contribution is 7.89. The number of carbonyl (C=O) groups excluding carboxylic acids is 2. The Hall–Kier alpha value is -1.73. The fourth-order valence-electron chi connectivity index (χ4n) is 2.96. The first-order valence-electron chi connectivity index (χ1n) is 8.77. The maximum Gasteiger partial charge on any atom is 0.243 e. The second-order valence-electron chi connectivity index (χ2n) is 6.15. The maximum atomic E-state index is 12.4. The summed E-state index contributed by atoms with van der Waals surface area (Å²) in [5, 5.41) is 0. The number of rotatable bonds is 7. The minimum Gasteiger partial charge on any atom is -0.342 e. The van der Waals surface area contributed by atoms with E-state index in [1.165, 1.54) is 4.31 Å². The molecule has 1 aromatic rings. The van der Waals surface area contributed by atoms with Crippen LogP contribution in [0.15, 0.2) is 29.2 Å². The van der Waals surface area contributed by atoms with Crippen molar-refractivity contribution in [2.75, 3.05) is 26.2 Å². The Morgan fingerprint density at radius 1 is 1.08 bits per heavy atom. The maximum absolute atomic E-state index is 12.4. The van der Waals surface area contributed by atoms with Crippen molar-refractivity contribution in [3.63, 3.8) is 0 Å². The number of amides is 1. The molecule has 0 bridgehead atoms. The van der Waals surface area contributed by atoms with Crippen molar-refractivity contribution in [3.05, 3.63) is 29.8 Å². The van der Waals surface area contributed by atoms with Gasteiger partial charge in [-0.2, -0.15) is 4.31 Å². The normalized spacial score (nSPS) is 15.6. The van der Waals surface area contributed by atoms with Gasteiger partial charge in [0.15, 0.2) is 0 Å². The predicted octanol–water partition coefficient (Wildman–Crippen LogP) is 1.84. The van der Waals surface area contributed by atoms with Gasteiger partial charge in [0.25, 0.3) is 0 Å². The molecule has 0 N–H and O–H groups in total. The first kappa shape index (κ1) is 19.6. The van der Waals surface area contributed by atoms with Crippen LogP contribution in [0.3, 0.4) is 0 Å². The number of ketones is 1. The van der Waals surface area contributed by atoms with Crippen LogP contribution in [0.1, 0.15) is 38.7 Å². The monoisotopic (exact) mass is 366 g/mol. The summed E-state index contributed by atoms with van der Waals surface area (Å²) in [6.07, 6.45) is 1.83. The zero-order valence-electron chi connectivity index (χ0n) is 14.9. The zero-order valence-corrected chi connectivity index (χ0v) is 15.7. The van der Waals surface area contributed by atoms with Crippen molar-refractivity contribution >= 4 is 21.7 Å². The Balaban J connectivity index is 1.94. The molecule has 7 heteroatoms. The molecule has 1 aromatic carbocycles. The fourth-order valence-corrected chi connectivity index (χ4v) is 4.41. The number of benzene rings is 1. The molecule has 0 unspecified atom stereocenters. The van der Waals surface area contributed by atoms with E-state index in [2.05, 4.69) is 0 Å². The summed E-state index contributed by atoms with van der Waals surface area (Å²) < 4.78 is 26.3. The van der Waals surface area contributed by atoms with Crippen molar-refractivity contribution in [1.29, 1.82) is 0 Å². The van der Waals surface area contributed by atoms with E-state index in [1.807, 2.05) is 13.8 Å². The van der Waals surface area contributed by atoms with E-state index in [0.29, 0.717) is 51.9 Å². The second kappa shape index (κ2) is 8.58. The molecule has 1 saturated heterocycles. The third-order valence-electron chi connectivity index (χ3n) is 4.57. The van der Waals surface area contributed by atoms with E-state index in [9.17, 15) is 18.0 Å². The average molecular weight is 366 g/mol. The van der Waals surface area contributed by atoms with Gasteiger partial charge in [-0.25, -0.2) is 8.42 Å². The fraction of sp³-hybridized carbons (Fsp3) is 0.556. The van der Waals surface area contributed by atoms with Crippen LogP contribution in [0.25, 0.3) is 0 Å². The molecule has 2 rings (SSSR count). The van der Waals surface area contributed by atoms with Gasteiger partial charge in [0, 0.05) is 45.4 Å². The van der Waals surface area contributed by atoms with Gasteiger partial charge in [-0.15, -0.1) is 0 Å². The number of Topliss-reactive ketones (excluding diaryl/α,β-unsaturated/α-hetero) is 1. The van der Waals surface area contributed by atoms with Gasteiger partial charge >= 0.3 is 0 Å². The SMILES string of the molecule is CCN(CC)S(=O)(=O)c1ccc(CCC(=O)N2CCC(=O)CC2)cc1. The molecule has 1 amide bonds. The Labute approximate surface area is 149 Å². The predicted molar refractivity (Wildman–Crippen MR) is 95.7 cm³/mol. The summed E-state index contributed by atoms with van der Waals surface area (Å²) in [7, 11) is -3.45. The number of aryl methyl sites for hydroxylation is 1. The number of hydrogen-bond acceptors (Lipinski definition) is 4. The Kier molecular flexibility index (Phi) is 6.72.